The SMILES string of the molecule is C=CCC[C@@H]1C[C@H](C2CCCCC2)N(C)C1C#C[Si](C)(C)C. The van der Waals surface area contributed by atoms with Gasteiger partial charge in [0.15, 0.2) is 0 Å². The van der Waals surface area contributed by atoms with E-state index in [1.807, 2.05) is 0 Å². The van der Waals surface area contributed by atoms with Crippen LogP contribution in [0.1, 0.15) is 51.4 Å². The van der Waals surface area contributed by atoms with E-state index in [9.17, 15) is 0 Å². The van der Waals surface area contributed by atoms with Crippen LogP contribution in [0.2, 0.25) is 19.6 Å². The second-order valence-electron chi connectivity index (χ2n) is 8.46. The Morgan fingerprint density at radius 3 is 2.45 bits per heavy atom. The van der Waals surface area contributed by atoms with Crippen LogP contribution in [0.5, 0.6) is 0 Å². The Balaban J connectivity index is 2.11. The Kier molecular flexibility index (Phi) is 6.35. The fourth-order valence-corrected chi connectivity index (χ4v) is 4.89. The third kappa shape index (κ3) is 4.73. The minimum Gasteiger partial charge on any atom is -0.289 e. The first-order valence-electron chi connectivity index (χ1n) is 9.28. The van der Waals surface area contributed by atoms with Crippen molar-refractivity contribution in [2.24, 2.45) is 11.8 Å². The quantitative estimate of drug-likeness (QED) is 0.396. The fourth-order valence-electron chi connectivity index (χ4n) is 4.31. The van der Waals surface area contributed by atoms with Crippen LogP contribution < -0.4 is 0 Å². The summed E-state index contributed by atoms with van der Waals surface area (Å²) in [6.07, 6.45) is 13.1. The zero-order valence-electron chi connectivity index (χ0n) is 15.2. The third-order valence-electron chi connectivity index (χ3n) is 5.48. The van der Waals surface area contributed by atoms with Gasteiger partial charge in [0.05, 0.1) is 6.04 Å². The summed E-state index contributed by atoms with van der Waals surface area (Å²) < 4.78 is 0. The molecular weight excluding hydrogens is 282 g/mol. The minimum atomic E-state index is -1.28. The van der Waals surface area contributed by atoms with E-state index in [4.69, 9.17) is 0 Å². The molecule has 1 aliphatic carbocycles. The topological polar surface area (TPSA) is 3.24 Å². The highest BCUT2D eigenvalue weighted by molar-refractivity contribution is 6.83. The van der Waals surface area contributed by atoms with E-state index in [1.165, 1.54) is 44.9 Å². The molecule has 1 saturated carbocycles. The second kappa shape index (κ2) is 7.84. The van der Waals surface area contributed by atoms with E-state index in [0.717, 1.165) is 24.3 Å². The minimum absolute atomic E-state index is 0.485. The van der Waals surface area contributed by atoms with Crippen molar-refractivity contribution in [1.82, 2.24) is 4.90 Å². The van der Waals surface area contributed by atoms with E-state index < -0.39 is 8.07 Å². The predicted molar refractivity (Wildman–Crippen MR) is 101 cm³/mol. The molecule has 0 bridgehead atoms. The van der Waals surface area contributed by atoms with Gasteiger partial charge in [0.2, 0.25) is 0 Å². The zero-order valence-corrected chi connectivity index (χ0v) is 16.2. The Morgan fingerprint density at radius 1 is 1.18 bits per heavy atom. The number of rotatable bonds is 4. The second-order valence-corrected chi connectivity index (χ2v) is 13.2. The summed E-state index contributed by atoms with van der Waals surface area (Å²) in [6, 6.07) is 1.26. The molecule has 1 unspecified atom stereocenters. The first kappa shape index (κ1) is 17.8. The molecule has 2 aliphatic rings. The molecule has 1 heterocycles. The Morgan fingerprint density at radius 2 is 1.86 bits per heavy atom. The molecule has 0 aromatic rings. The summed E-state index contributed by atoms with van der Waals surface area (Å²) in [7, 11) is 1.06. The van der Waals surface area contributed by atoms with Crippen molar-refractivity contribution < 1.29 is 0 Å². The van der Waals surface area contributed by atoms with Crippen molar-refractivity contribution in [2.75, 3.05) is 7.05 Å². The smallest absolute Gasteiger partial charge is 0.129 e. The lowest BCUT2D eigenvalue weighted by Crippen LogP contribution is -2.38. The number of likely N-dealkylation sites (tertiary alicyclic amines) is 1. The van der Waals surface area contributed by atoms with Gasteiger partial charge in [-0.2, -0.15) is 0 Å². The summed E-state index contributed by atoms with van der Waals surface area (Å²) in [4.78, 5) is 2.65. The predicted octanol–water partition coefficient (Wildman–Crippen LogP) is 5.10. The first-order chi connectivity index (χ1) is 10.4. The molecule has 0 aromatic heterocycles. The van der Waals surface area contributed by atoms with Gasteiger partial charge >= 0.3 is 0 Å². The summed E-state index contributed by atoms with van der Waals surface area (Å²) >= 11 is 0. The van der Waals surface area contributed by atoms with Crippen molar-refractivity contribution in [3.63, 3.8) is 0 Å². The van der Waals surface area contributed by atoms with Crippen LogP contribution in [0.3, 0.4) is 0 Å². The van der Waals surface area contributed by atoms with Crippen molar-refractivity contribution in [2.45, 2.75) is 83.1 Å². The van der Waals surface area contributed by atoms with Crippen LogP contribution >= 0.6 is 0 Å². The molecule has 2 fully saturated rings. The van der Waals surface area contributed by atoms with E-state index in [1.54, 1.807) is 0 Å². The molecule has 2 rings (SSSR count). The largest absolute Gasteiger partial charge is 0.289 e. The Hall–Kier alpha value is -0.523. The van der Waals surface area contributed by atoms with Crippen molar-refractivity contribution in [3.8, 4) is 11.5 Å². The molecule has 0 spiro atoms. The average molecular weight is 318 g/mol. The molecule has 0 N–H and O–H groups in total. The molecular formula is C20H35NSi. The van der Waals surface area contributed by atoms with Crippen LogP contribution in [0, 0.1) is 23.3 Å². The Labute approximate surface area is 139 Å². The van der Waals surface area contributed by atoms with Crippen LogP contribution in [-0.4, -0.2) is 32.1 Å². The fraction of sp³-hybridized carbons (Fsp3) is 0.800. The normalized spacial score (nSPS) is 30.8. The maximum atomic E-state index is 3.92. The average Bonchev–Trinajstić information content (AvgIpc) is 2.79. The highest BCUT2D eigenvalue weighted by Crippen LogP contribution is 2.40. The van der Waals surface area contributed by atoms with Gasteiger partial charge in [0, 0.05) is 6.04 Å². The van der Waals surface area contributed by atoms with Gasteiger partial charge in [0.1, 0.15) is 8.07 Å². The molecule has 3 atom stereocenters. The lowest BCUT2D eigenvalue weighted by molar-refractivity contribution is 0.169. The van der Waals surface area contributed by atoms with Gasteiger partial charge in [-0.25, -0.2) is 0 Å². The van der Waals surface area contributed by atoms with Crippen LogP contribution in [-0.2, 0) is 0 Å². The van der Waals surface area contributed by atoms with Gasteiger partial charge in [-0.1, -0.05) is 50.9 Å². The molecule has 0 aromatic carbocycles. The molecule has 0 radical (unpaired) electrons. The standard InChI is InChI=1S/C20H35NSi/c1-6-7-11-18-16-20(17-12-9-8-10-13-17)21(2)19(18)14-15-22(3,4)5/h6,17-20H,1,7-13,16H2,2-5H3/t18-,19?,20-/m1/s1. The van der Waals surface area contributed by atoms with E-state index in [0.29, 0.717) is 6.04 Å². The van der Waals surface area contributed by atoms with Gasteiger partial charge in [0.25, 0.3) is 0 Å². The monoisotopic (exact) mass is 317 g/mol. The van der Waals surface area contributed by atoms with Crippen molar-refractivity contribution in [3.05, 3.63) is 12.7 Å². The number of nitrogens with zero attached hydrogens (tertiary/aromatic N) is 1. The maximum absolute atomic E-state index is 3.92. The number of hydrogen-bond acceptors (Lipinski definition) is 1. The number of allylic oxidation sites excluding steroid dienone is 1. The molecule has 1 nitrogen and oxygen atoms in total. The van der Waals surface area contributed by atoms with Gasteiger partial charge in [-0.15, -0.1) is 12.1 Å². The van der Waals surface area contributed by atoms with Gasteiger partial charge < -0.3 is 0 Å². The van der Waals surface area contributed by atoms with E-state index >= 15 is 0 Å². The molecule has 2 heteroatoms. The van der Waals surface area contributed by atoms with Gasteiger partial charge in [-0.05, 0) is 51.0 Å². The Bertz CT molecular complexity index is 419. The molecule has 1 aliphatic heterocycles. The summed E-state index contributed by atoms with van der Waals surface area (Å²) in [5.41, 5.74) is 3.65. The van der Waals surface area contributed by atoms with Gasteiger partial charge in [-0.3, -0.25) is 4.90 Å². The lowest BCUT2D eigenvalue weighted by atomic mass is 9.81. The summed E-state index contributed by atoms with van der Waals surface area (Å²) in [6.45, 7) is 11.0. The highest BCUT2D eigenvalue weighted by Gasteiger charge is 2.41. The van der Waals surface area contributed by atoms with Crippen LogP contribution in [0.15, 0.2) is 12.7 Å². The number of hydrogen-bond donors (Lipinski definition) is 0. The van der Waals surface area contributed by atoms with E-state index in [2.05, 4.69) is 55.7 Å². The van der Waals surface area contributed by atoms with E-state index in [-0.39, 0.29) is 0 Å². The zero-order chi connectivity index (χ0) is 16.2. The molecule has 22 heavy (non-hydrogen) atoms. The lowest BCUT2D eigenvalue weighted by Gasteiger charge is -2.33. The molecule has 0 amide bonds. The van der Waals surface area contributed by atoms with Crippen molar-refractivity contribution in [1.29, 1.82) is 0 Å². The van der Waals surface area contributed by atoms with Crippen molar-refractivity contribution >= 4 is 8.07 Å². The highest BCUT2D eigenvalue weighted by atomic mass is 28.3. The first-order valence-corrected chi connectivity index (χ1v) is 12.8. The third-order valence-corrected chi connectivity index (χ3v) is 6.38. The maximum Gasteiger partial charge on any atom is 0.129 e. The van der Waals surface area contributed by atoms with Crippen LogP contribution in [0.4, 0.5) is 0 Å². The summed E-state index contributed by atoms with van der Waals surface area (Å²) in [5.74, 6) is 5.37. The van der Waals surface area contributed by atoms with Crippen LogP contribution in [0.25, 0.3) is 0 Å². The summed E-state index contributed by atoms with van der Waals surface area (Å²) in [5, 5.41) is 0. The molecule has 124 valence electrons. The molecule has 1 saturated heterocycles.